The lowest BCUT2D eigenvalue weighted by Crippen LogP contribution is -2.43. The van der Waals surface area contributed by atoms with Crippen molar-refractivity contribution in [3.63, 3.8) is 0 Å². The number of carbonyl (C=O) groups is 1. The maximum atomic E-state index is 11.1. The van der Waals surface area contributed by atoms with E-state index >= 15 is 0 Å². The molecule has 16 heavy (non-hydrogen) atoms. The summed E-state index contributed by atoms with van der Waals surface area (Å²) < 4.78 is 0. The molecular weight excluding hydrogens is 206 g/mol. The molecule has 0 radical (unpaired) electrons. The predicted molar refractivity (Wildman–Crippen MR) is 59.1 cm³/mol. The van der Waals surface area contributed by atoms with Crippen molar-refractivity contribution in [2.24, 2.45) is 0 Å². The zero-order valence-electron chi connectivity index (χ0n) is 9.15. The molecule has 0 aliphatic heterocycles. The first-order valence-electron chi connectivity index (χ1n) is 5.72. The summed E-state index contributed by atoms with van der Waals surface area (Å²) in [5.41, 5.74) is 0.859. The van der Waals surface area contributed by atoms with Crippen LogP contribution in [0.4, 0.5) is 0 Å². The normalized spacial score (nSPS) is 18.8. The van der Waals surface area contributed by atoms with Gasteiger partial charge in [-0.2, -0.15) is 0 Å². The minimum Gasteiger partial charge on any atom is -0.480 e. The SMILES string of the molecule is O=C(O)[C@H](Cc1cnc[nH]1)NC1CCCC1. The van der Waals surface area contributed by atoms with E-state index in [-0.39, 0.29) is 0 Å². The maximum absolute atomic E-state index is 11.1. The summed E-state index contributed by atoms with van der Waals surface area (Å²) >= 11 is 0. The molecule has 1 atom stereocenters. The van der Waals surface area contributed by atoms with Crippen LogP contribution in [0.25, 0.3) is 0 Å². The van der Waals surface area contributed by atoms with Crippen molar-refractivity contribution in [1.29, 1.82) is 0 Å². The van der Waals surface area contributed by atoms with Gasteiger partial charge >= 0.3 is 5.97 Å². The Hall–Kier alpha value is -1.36. The Kier molecular flexibility index (Phi) is 3.56. The van der Waals surface area contributed by atoms with E-state index in [9.17, 15) is 4.79 Å². The largest absolute Gasteiger partial charge is 0.480 e. The van der Waals surface area contributed by atoms with Gasteiger partial charge in [-0.15, -0.1) is 0 Å². The van der Waals surface area contributed by atoms with Crippen molar-refractivity contribution < 1.29 is 9.90 Å². The third kappa shape index (κ3) is 2.82. The van der Waals surface area contributed by atoms with E-state index in [1.54, 1.807) is 12.5 Å². The number of imidazole rings is 1. The number of H-pyrrole nitrogens is 1. The summed E-state index contributed by atoms with van der Waals surface area (Å²) in [6.45, 7) is 0. The van der Waals surface area contributed by atoms with E-state index in [1.807, 2.05) is 0 Å². The van der Waals surface area contributed by atoms with Crippen LogP contribution in [0, 0.1) is 0 Å². The minimum absolute atomic E-state index is 0.365. The fourth-order valence-electron chi connectivity index (χ4n) is 2.21. The van der Waals surface area contributed by atoms with E-state index < -0.39 is 12.0 Å². The van der Waals surface area contributed by atoms with Gasteiger partial charge in [-0.05, 0) is 12.8 Å². The second-order valence-electron chi connectivity index (χ2n) is 4.32. The molecule has 1 fully saturated rings. The van der Waals surface area contributed by atoms with Gasteiger partial charge in [0.2, 0.25) is 0 Å². The molecular formula is C11H17N3O2. The third-order valence-corrected chi connectivity index (χ3v) is 3.07. The lowest BCUT2D eigenvalue weighted by molar-refractivity contribution is -0.139. The molecule has 88 valence electrons. The Balaban J connectivity index is 1.91. The van der Waals surface area contributed by atoms with Crippen LogP contribution in [-0.4, -0.2) is 33.1 Å². The highest BCUT2D eigenvalue weighted by Gasteiger charge is 2.24. The van der Waals surface area contributed by atoms with Gasteiger partial charge in [0.1, 0.15) is 6.04 Å². The van der Waals surface area contributed by atoms with Crippen molar-refractivity contribution in [3.05, 3.63) is 18.2 Å². The Morgan fingerprint density at radius 3 is 2.94 bits per heavy atom. The van der Waals surface area contributed by atoms with Gasteiger partial charge in [0.25, 0.3) is 0 Å². The summed E-state index contributed by atoms with van der Waals surface area (Å²) in [6.07, 6.45) is 8.30. The molecule has 0 aromatic carbocycles. The molecule has 0 bridgehead atoms. The number of nitrogens with one attached hydrogen (secondary N) is 2. The molecule has 2 rings (SSSR count). The van der Waals surface area contributed by atoms with Gasteiger partial charge in [-0.1, -0.05) is 12.8 Å². The molecule has 0 saturated heterocycles. The number of rotatable bonds is 5. The Labute approximate surface area is 94.3 Å². The van der Waals surface area contributed by atoms with E-state index in [0.29, 0.717) is 12.5 Å². The summed E-state index contributed by atoms with van der Waals surface area (Å²) in [6, 6.07) is -0.146. The molecule has 5 nitrogen and oxygen atoms in total. The van der Waals surface area contributed by atoms with Crippen LogP contribution in [0.15, 0.2) is 12.5 Å². The third-order valence-electron chi connectivity index (χ3n) is 3.07. The Morgan fingerprint density at radius 1 is 1.62 bits per heavy atom. The fourth-order valence-corrected chi connectivity index (χ4v) is 2.21. The van der Waals surface area contributed by atoms with Crippen LogP contribution < -0.4 is 5.32 Å². The van der Waals surface area contributed by atoms with Crippen molar-refractivity contribution in [2.75, 3.05) is 0 Å². The van der Waals surface area contributed by atoms with Crippen LogP contribution in [0.5, 0.6) is 0 Å². The number of carboxylic acid groups (broad SMARTS) is 1. The molecule has 0 unspecified atom stereocenters. The van der Waals surface area contributed by atoms with E-state index in [1.165, 1.54) is 12.8 Å². The zero-order valence-corrected chi connectivity index (χ0v) is 9.15. The smallest absolute Gasteiger partial charge is 0.321 e. The van der Waals surface area contributed by atoms with Gasteiger partial charge in [-0.3, -0.25) is 4.79 Å². The maximum Gasteiger partial charge on any atom is 0.321 e. The van der Waals surface area contributed by atoms with Crippen LogP contribution in [0.1, 0.15) is 31.4 Å². The molecule has 1 aliphatic rings. The van der Waals surface area contributed by atoms with Crippen molar-refractivity contribution >= 4 is 5.97 Å². The zero-order chi connectivity index (χ0) is 11.4. The van der Waals surface area contributed by atoms with Gasteiger partial charge < -0.3 is 15.4 Å². The van der Waals surface area contributed by atoms with Crippen molar-refractivity contribution in [3.8, 4) is 0 Å². The van der Waals surface area contributed by atoms with E-state index in [4.69, 9.17) is 5.11 Å². The number of carboxylic acids is 1. The number of nitrogens with zero attached hydrogens (tertiary/aromatic N) is 1. The topological polar surface area (TPSA) is 78.0 Å². The van der Waals surface area contributed by atoms with Gasteiger partial charge in [0.15, 0.2) is 0 Å². The van der Waals surface area contributed by atoms with Crippen LogP contribution in [0.3, 0.4) is 0 Å². The standard InChI is InChI=1S/C11H17N3O2/c15-11(16)10(5-9-6-12-7-13-9)14-8-3-1-2-4-8/h6-8,10,14H,1-5H2,(H,12,13)(H,15,16)/t10-/m0/s1. The highest BCUT2D eigenvalue weighted by molar-refractivity contribution is 5.73. The molecule has 1 saturated carbocycles. The number of hydrogen-bond donors (Lipinski definition) is 3. The fraction of sp³-hybridized carbons (Fsp3) is 0.636. The predicted octanol–water partition coefficient (Wildman–Crippen LogP) is 0.938. The van der Waals surface area contributed by atoms with Crippen molar-refractivity contribution in [2.45, 2.75) is 44.2 Å². The first-order valence-corrected chi connectivity index (χ1v) is 5.72. The highest BCUT2D eigenvalue weighted by atomic mass is 16.4. The molecule has 1 aliphatic carbocycles. The lowest BCUT2D eigenvalue weighted by Gasteiger charge is -2.18. The average molecular weight is 223 g/mol. The number of aromatic nitrogens is 2. The van der Waals surface area contributed by atoms with Gasteiger partial charge in [-0.25, -0.2) is 4.98 Å². The number of aromatic amines is 1. The van der Waals surface area contributed by atoms with E-state index in [2.05, 4.69) is 15.3 Å². The summed E-state index contributed by atoms with van der Waals surface area (Å²) in [4.78, 5) is 17.9. The van der Waals surface area contributed by atoms with E-state index in [0.717, 1.165) is 18.5 Å². The van der Waals surface area contributed by atoms with Crippen LogP contribution in [0.2, 0.25) is 0 Å². The molecule has 0 spiro atoms. The first-order chi connectivity index (χ1) is 7.75. The van der Waals surface area contributed by atoms with Crippen molar-refractivity contribution in [1.82, 2.24) is 15.3 Å². The second kappa shape index (κ2) is 5.12. The van der Waals surface area contributed by atoms with Gasteiger partial charge in [0.05, 0.1) is 6.33 Å². The number of aliphatic carboxylic acids is 1. The molecule has 1 aromatic rings. The molecule has 0 amide bonds. The van der Waals surface area contributed by atoms with Crippen LogP contribution in [-0.2, 0) is 11.2 Å². The summed E-state index contributed by atoms with van der Waals surface area (Å²) in [7, 11) is 0. The second-order valence-corrected chi connectivity index (χ2v) is 4.32. The summed E-state index contributed by atoms with van der Waals surface area (Å²) in [5.74, 6) is -0.790. The molecule has 1 heterocycles. The summed E-state index contributed by atoms with van der Waals surface area (Å²) in [5, 5.41) is 12.3. The minimum atomic E-state index is -0.790. The first kappa shape index (κ1) is 11.1. The highest BCUT2D eigenvalue weighted by Crippen LogP contribution is 2.18. The van der Waals surface area contributed by atoms with Gasteiger partial charge in [0, 0.05) is 24.4 Å². The molecule has 5 heteroatoms. The van der Waals surface area contributed by atoms with Crippen LogP contribution >= 0.6 is 0 Å². The average Bonchev–Trinajstić information content (AvgIpc) is 2.88. The Morgan fingerprint density at radius 2 is 2.38 bits per heavy atom. The monoisotopic (exact) mass is 223 g/mol. The quantitative estimate of drug-likeness (QED) is 0.694. The number of hydrogen-bond acceptors (Lipinski definition) is 3. The lowest BCUT2D eigenvalue weighted by atomic mass is 10.1. The Bertz CT molecular complexity index is 331. The molecule has 3 N–H and O–H groups in total. The molecule has 1 aromatic heterocycles.